The number of thioether (sulfide) groups is 1. The second-order valence-corrected chi connectivity index (χ2v) is 4.62. The zero-order chi connectivity index (χ0) is 13.2. The Morgan fingerprint density at radius 2 is 2.33 bits per heavy atom. The highest BCUT2D eigenvalue weighted by molar-refractivity contribution is 7.99. The van der Waals surface area contributed by atoms with Gasteiger partial charge in [0.25, 0.3) is 0 Å². The fraction of sp³-hybridized carbons (Fsp3) is 0.545. The number of aliphatic hydroxyl groups excluding tert-OH is 1. The number of carbonyl (C=O) groups excluding carboxylic acids is 1. The number of rotatable bonds is 8. The van der Waals surface area contributed by atoms with Gasteiger partial charge in [-0.1, -0.05) is 0 Å². The molecule has 0 aliphatic carbocycles. The van der Waals surface area contributed by atoms with Crippen molar-refractivity contribution in [3.8, 4) is 0 Å². The number of aromatic nitrogens is 2. The molecule has 7 heteroatoms. The standard InChI is InChI=1S/C11H17N3O3S/c1-17-11(16)9-7-12-8-10(14-9)13-3-6-18-5-2-4-15/h7-8,15H,2-6H2,1H3,(H,13,14). The molecule has 0 amide bonds. The Labute approximate surface area is 110 Å². The van der Waals surface area contributed by atoms with Gasteiger partial charge in [0, 0.05) is 18.9 Å². The predicted molar refractivity (Wildman–Crippen MR) is 70.9 cm³/mol. The first-order valence-electron chi connectivity index (χ1n) is 5.60. The number of ether oxygens (including phenoxy) is 1. The highest BCUT2D eigenvalue weighted by atomic mass is 32.2. The number of nitrogens with zero attached hydrogens (tertiary/aromatic N) is 2. The lowest BCUT2D eigenvalue weighted by Gasteiger charge is -2.05. The Kier molecular flexibility index (Phi) is 7.12. The molecule has 1 aromatic heterocycles. The van der Waals surface area contributed by atoms with E-state index in [4.69, 9.17) is 5.11 Å². The molecule has 1 aromatic rings. The number of aliphatic hydroxyl groups is 1. The molecule has 18 heavy (non-hydrogen) atoms. The number of methoxy groups -OCH3 is 1. The van der Waals surface area contributed by atoms with Crippen molar-refractivity contribution in [3.05, 3.63) is 18.1 Å². The van der Waals surface area contributed by atoms with Crippen LogP contribution in [0.25, 0.3) is 0 Å². The van der Waals surface area contributed by atoms with Crippen LogP contribution in [0, 0.1) is 0 Å². The molecule has 100 valence electrons. The fourth-order valence-corrected chi connectivity index (χ4v) is 1.96. The second kappa shape index (κ2) is 8.71. The van der Waals surface area contributed by atoms with E-state index in [9.17, 15) is 4.79 Å². The summed E-state index contributed by atoms with van der Waals surface area (Å²) in [4.78, 5) is 19.2. The van der Waals surface area contributed by atoms with Gasteiger partial charge in [-0.3, -0.25) is 4.98 Å². The minimum absolute atomic E-state index is 0.190. The largest absolute Gasteiger partial charge is 0.464 e. The summed E-state index contributed by atoms with van der Waals surface area (Å²) in [6, 6.07) is 0. The Bertz CT molecular complexity index is 376. The van der Waals surface area contributed by atoms with Gasteiger partial charge in [-0.05, 0) is 12.2 Å². The van der Waals surface area contributed by atoms with Crippen LogP contribution in [0.2, 0.25) is 0 Å². The van der Waals surface area contributed by atoms with Crippen molar-refractivity contribution in [1.82, 2.24) is 9.97 Å². The van der Waals surface area contributed by atoms with E-state index >= 15 is 0 Å². The van der Waals surface area contributed by atoms with Gasteiger partial charge in [0.2, 0.25) is 0 Å². The average Bonchev–Trinajstić information content (AvgIpc) is 2.42. The maximum atomic E-state index is 11.2. The lowest BCUT2D eigenvalue weighted by molar-refractivity contribution is 0.0593. The number of esters is 1. The summed E-state index contributed by atoms with van der Waals surface area (Å²) in [7, 11) is 1.31. The zero-order valence-electron chi connectivity index (χ0n) is 10.3. The summed E-state index contributed by atoms with van der Waals surface area (Å²) in [5.74, 6) is 1.90. The van der Waals surface area contributed by atoms with Crippen LogP contribution in [0.5, 0.6) is 0 Å². The van der Waals surface area contributed by atoms with Crippen LogP contribution in [0.4, 0.5) is 5.82 Å². The molecule has 0 aliphatic rings. The normalized spacial score (nSPS) is 10.1. The summed E-state index contributed by atoms with van der Waals surface area (Å²) in [5.41, 5.74) is 0.190. The molecule has 0 saturated carbocycles. The van der Waals surface area contributed by atoms with Crippen LogP contribution in [-0.4, -0.2) is 52.8 Å². The minimum Gasteiger partial charge on any atom is -0.464 e. The molecule has 1 heterocycles. The first-order chi connectivity index (χ1) is 8.77. The Balaban J connectivity index is 2.32. The van der Waals surface area contributed by atoms with Gasteiger partial charge in [-0.25, -0.2) is 9.78 Å². The van der Waals surface area contributed by atoms with Crippen molar-refractivity contribution in [3.63, 3.8) is 0 Å². The van der Waals surface area contributed by atoms with E-state index in [1.807, 2.05) is 0 Å². The van der Waals surface area contributed by atoms with Crippen molar-refractivity contribution in [2.75, 3.05) is 37.1 Å². The summed E-state index contributed by atoms with van der Waals surface area (Å²) < 4.78 is 4.56. The molecular formula is C11H17N3O3S. The lowest BCUT2D eigenvalue weighted by Crippen LogP contribution is -2.10. The molecule has 6 nitrogen and oxygen atoms in total. The van der Waals surface area contributed by atoms with Crippen LogP contribution in [-0.2, 0) is 4.74 Å². The summed E-state index contributed by atoms with van der Waals surface area (Å²) in [6.45, 7) is 0.961. The molecule has 0 radical (unpaired) electrons. The molecular weight excluding hydrogens is 254 g/mol. The highest BCUT2D eigenvalue weighted by Crippen LogP contribution is 2.05. The topological polar surface area (TPSA) is 84.3 Å². The minimum atomic E-state index is -0.497. The third-order valence-corrected chi connectivity index (χ3v) is 3.10. The second-order valence-electron chi connectivity index (χ2n) is 3.40. The molecule has 0 spiro atoms. The molecule has 0 bridgehead atoms. The van der Waals surface area contributed by atoms with Crippen LogP contribution in [0.1, 0.15) is 16.9 Å². The molecule has 0 atom stereocenters. The number of hydrogen-bond acceptors (Lipinski definition) is 7. The fourth-order valence-electron chi connectivity index (χ4n) is 1.17. The molecule has 0 aliphatic heterocycles. The zero-order valence-corrected chi connectivity index (χ0v) is 11.1. The van der Waals surface area contributed by atoms with E-state index in [0.717, 1.165) is 24.5 Å². The molecule has 0 unspecified atom stereocenters. The third-order valence-electron chi connectivity index (χ3n) is 2.03. The van der Waals surface area contributed by atoms with Crippen LogP contribution in [0.15, 0.2) is 12.4 Å². The van der Waals surface area contributed by atoms with E-state index in [0.29, 0.717) is 5.82 Å². The number of nitrogens with one attached hydrogen (secondary N) is 1. The quantitative estimate of drug-likeness (QED) is 0.534. The molecule has 0 saturated heterocycles. The van der Waals surface area contributed by atoms with E-state index in [1.165, 1.54) is 13.3 Å². The van der Waals surface area contributed by atoms with Gasteiger partial charge < -0.3 is 15.2 Å². The Morgan fingerprint density at radius 3 is 3.06 bits per heavy atom. The highest BCUT2D eigenvalue weighted by Gasteiger charge is 2.07. The van der Waals surface area contributed by atoms with Gasteiger partial charge >= 0.3 is 5.97 Å². The van der Waals surface area contributed by atoms with Crippen molar-refractivity contribution < 1.29 is 14.6 Å². The lowest BCUT2D eigenvalue weighted by atomic mass is 10.4. The van der Waals surface area contributed by atoms with E-state index in [-0.39, 0.29) is 12.3 Å². The van der Waals surface area contributed by atoms with Crippen molar-refractivity contribution in [2.24, 2.45) is 0 Å². The first kappa shape index (κ1) is 14.7. The van der Waals surface area contributed by atoms with Crippen molar-refractivity contribution >= 4 is 23.5 Å². The molecule has 1 rings (SSSR count). The summed E-state index contributed by atoms with van der Waals surface area (Å²) in [6.07, 6.45) is 3.74. The van der Waals surface area contributed by atoms with Crippen LogP contribution in [0.3, 0.4) is 0 Å². The molecule has 2 N–H and O–H groups in total. The van der Waals surface area contributed by atoms with Gasteiger partial charge in [0.15, 0.2) is 5.69 Å². The first-order valence-corrected chi connectivity index (χ1v) is 6.76. The van der Waals surface area contributed by atoms with Gasteiger partial charge in [-0.2, -0.15) is 11.8 Å². The summed E-state index contributed by atoms with van der Waals surface area (Å²) >= 11 is 1.75. The maximum Gasteiger partial charge on any atom is 0.358 e. The smallest absolute Gasteiger partial charge is 0.358 e. The molecule has 0 fully saturated rings. The van der Waals surface area contributed by atoms with Crippen molar-refractivity contribution in [1.29, 1.82) is 0 Å². The third kappa shape index (κ3) is 5.33. The van der Waals surface area contributed by atoms with Gasteiger partial charge in [0.05, 0.1) is 19.5 Å². The maximum absolute atomic E-state index is 11.2. The number of carbonyl (C=O) groups is 1. The van der Waals surface area contributed by atoms with Crippen LogP contribution >= 0.6 is 11.8 Å². The average molecular weight is 271 g/mol. The van der Waals surface area contributed by atoms with E-state index < -0.39 is 5.97 Å². The van der Waals surface area contributed by atoms with E-state index in [2.05, 4.69) is 20.0 Å². The predicted octanol–water partition coefficient (Wildman–Crippen LogP) is 0.791. The van der Waals surface area contributed by atoms with Gasteiger partial charge in [-0.15, -0.1) is 0 Å². The SMILES string of the molecule is COC(=O)c1cncc(NCCSCCCO)n1. The Morgan fingerprint density at radius 1 is 1.50 bits per heavy atom. The number of hydrogen-bond donors (Lipinski definition) is 2. The van der Waals surface area contributed by atoms with Crippen molar-refractivity contribution in [2.45, 2.75) is 6.42 Å². The van der Waals surface area contributed by atoms with Crippen LogP contribution < -0.4 is 5.32 Å². The molecule has 0 aromatic carbocycles. The summed E-state index contributed by atoms with van der Waals surface area (Å²) in [5, 5.41) is 11.7. The van der Waals surface area contributed by atoms with E-state index in [1.54, 1.807) is 18.0 Å². The van der Waals surface area contributed by atoms with Gasteiger partial charge in [0.1, 0.15) is 5.82 Å². The monoisotopic (exact) mass is 271 g/mol. The number of anilines is 1. The Hall–Kier alpha value is -1.34.